The van der Waals surface area contributed by atoms with Crippen molar-refractivity contribution < 1.29 is 14.3 Å². The number of hydrazine groups is 1. The highest BCUT2D eigenvalue weighted by molar-refractivity contribution is 5.95. The summed E-state index contributed by atoms with van der Waals surface area (Å²) in [4.78, 5) is 23.6. The van der Waals surface area contributed by atoms with Gasteiger partial charge in [0.05, 0.1) is 0 Å². The Morgan fingerprint density at radius 1 is 1.00 bits per heavy atom. The lowest BCUT2D eigenvalue weighted by Gasteiger charge is -2.10. The molecule has 2 amide bonds. The first-order valence-corrected chi connectivity index (χ1v) is 7.46. The van der Waals surface area contributed by atoms with Gasteiger partial charge in [0, 0.05) is 5.56 Å². The lowest BCUT2D eigenvalue weighted by molar-refractivity contribution is -0.123. The molecule has 0 aliphatic carbocycles. The van der Waals surface area contributed by atoms with Gasteiger partial charge in [-0.05, 0) is 42.7 Å². The fraction of sp³-hybridized carbons (Fsp3) is 0.222. The second-order valence-electron chi connectivity index (χ2n) is 5.11. The van der Waals surface area contributed by atoms with Crippen molar-refractivity contribution in [3.05, 3.63) is 65.2 Å². The number of para-hydroxylation sites is 1. The van der Waals surface area contributed by atoms with E-state index in [4.69, 9.17) is 4.74 Å². The number of ether oxygens (including phenoxy) is 1. The average molecular weight is 312 g/mol. The van der Waals surface area contributed by atoms with Crippen LogP contribution in [0.1, 0.15) is 28.4 Å². The first kappa shape index (κ1) is 16.5. The highest BCUT2D eigenvalue weighted by Crippen LogP contribution is 2.15. The third-order valence-corrected chi connectivity index (χ3v) is 3.39. The summed E-state index contributed by atoms with van der Waals surface area (Å²) in [5.74, 6) is -0.146. The number of hydrogen-bond donors (Lipinski definition) is 2. The van der Waals surface area contributed by atoms with Gasteiger partial charge in [-0.1, -0.05) is 37.3 Å². The zero-order chi connectivity index (χ0) is 16.7. The van der Waals surface area contributed by atoms with E-state index in [2.05, 4.69) is 10.9 Å². The van der Waals surface area contributed by atoms with E-state index in [1.54, 1.807) is 18.2 Å². The van der Waals surface area contributed by atoms with Crippen molar-refractivity contribution in [2.45, 2.75) is 20.3 Å². The molecule has 2 rings (SSSR count). The molecule has 2 N–H and O–H groups in total. The molecule has 0 bridgehead atoms. The SMILES string of the molecule is CCc1ccc(C(=O)NNC(=O)COc2ccccc2C)cc1. The second kappa shape index (κ2) is 7.98. The second-order valence-corrected chi connectivity index (χ2v) is 5.11. The van der Waals surface area contributed by atoms with Crippen LogP contribution >= 0.6 is 0 Å². The van der Waals surface area contributed by atoms with Gasteiger partial charge >= 0.3 is 0 Å². The van der Waals surface area contributed by atoms with Gasteiger partial charge in [0.25, 0.3) is 11.8 Å². The molecule has 0 radical (unpaired) electrons. The predicted octanol–water partition coefficient (Wildman–Crippen LogP) is 2.40. The van der Waals surface area contributed by atoms with Crippen LogP contribution in [0.2, 0.25) is 0 Å². The topological polar surface area (TPSA) is 67.4 Å². The Bertz CT molecular complexity index is 681. The zero-order valence-electron chi connectivity index (χ0n) is 13.3. The molecule has 5 heteroatoms. The molecular weight excluding hydrogens is 292 g/mol. The number of hydrogen-bond acceptors (Lipinski definition) is 3. The Hall–Kier alpha value is -2.82. The van der Waals surface area contributed by atoms with Crippen LogP contribution in [-0.2, 0) is 11.2 Å². The summed E-state index contributed by atoms with van der Waals surface area (Å²) in [7, 11) is 0. The fourth-order valence-corrected chi connectivity index (χ4v) is 1.99. The molecule has 2 aromatic carbocycles. The minimum Gasteiger partial charge on any atom is -0.483 e. The lowest BCUT2D eigenvalue weighted by Crippen LogP contribution is -2.43. The summed E-state index contributed by atoms with van der Waals surface area (Å²) in [6, 6.07) is 14.6. The molecule has 5 nitrogen and oxygen atoms in total. The summed E-state index contributed by atoms with van der Waals surface area (Å²) in [6.45, 7) is 3.78. The highest BCUT2D eigenvalue weighted by atomic mass is 16.5. The van der Waals surface area contributed by atoms with E-state index in [0.29, 0.717) is 11.3 Å². The van der Waals surface area contributed by atoms with Crippen molar-refractivity contribution >= 4 is 11.8 Å². The first-order chi connectivity index (χ1) is 11.1. The third kappa shape index (κ3) is 4.85. The van der Waals surface area contributed by atoms with Crippen molar-refractivity contribution in [1.82, 2.24) is 10.9 Å². The number of carbonyl (C=O) groups excluding carboxylic acids is 2. The molecule has 0 unspecified atom stereocenters. The molecule has 0 atom stereocenters. The van der Waals surface area contributed by atoms with E-state index >= 15 is 0 Å². The molecule has 2 aromatic rings. The lowest BCUT2D eigenvalue weighted by atomic mass is 10.1. The molecule has 0 saturated heterocycles. The van der Waals surface area contributed by atoms with Crippen LogP contribution in [-0.4, -0.2) is 18.4 Å². The van der Waals surface area contributed by atoms with Gasteiger partial charge in [-0.25, -0.2) is 0 Å². The van der Waals surface area contributed by atoms with Crippen LogP contribution in [0.5, 0.6) is 5.75 Å². The van der Waals surface area contributed by atoms with E-state index < -0.39 is 5.91 Å². The molecule has 120 valence electrons. The van der Waals surface area contributed by atoms with E-state index in [0.717, 1.165) is 17.5 Å². The largest absolute Gasteiger partial charge is 0.483 e. The van der Waals surface area contributed by atoms with Crippen molar-refractivity contribution in [3.8, 4) is 5.75 Å². The van der Waals surface area contributed by atoms with E-state index in [-0.39, 0.29) is 12.5 Å². The summed E-state index contributed by atoms with van der Waals surface area (Å²) in [6.07, 6.45) is 0.912. The molecule has 0 fully saturated rings. The number of amides is 2. The molecular formula is C18H20N2O3. The van der Waals surface area contributed by atoms with Gasteiger partial charge in [-0.3, -0.25) is 20.4 Å². The number of nitrogens with one attached hydrogen (secondary N) is 2. The van der Waals surface area contributed by atoms with E-state index in [1.807, 2.05) is 44.2 Å². The number of aryl methyl sites for hydroxylation is 2. The fourth-order valence-electron chi connectivity index (χ4n) is 1.99. The quantitative estimate of drug-likeness (QED) is 0.833. The van der Waals surface area contributed by atoms with Crippen LogP contribution in [0.3, 0.4) is 0 Å². The predicted molar refractivity (Wildman–Crippen MR) is 88.1 cm³/mol. The molecule has 0 spiro atoms. The van der Waals surface area contributed by atoms with E-state index in [1.165, 1.54) is 0 Å². The summed E-state index contributed by atoms with van der Waals surface area (Å²) in [5.41, 5.74) is 7.29. The Morgan fingerprint density at radius 3 is 2.35 bits per heavy atom. The maximum atomic E-state index is 11.9. The normalized spacial score (nSPS) is 10.0. The van der Waals surface area contributed by atoms with E-state index in [9.17, 15) is 9.59 Å². The molecule has 23 heavy (non-hydrogen) atoms. The van der Waals surface area contributed by atoms with Crippen LogP contribution in [0.15, 0.2) is 48.5 Å². The number of carbonyl (C=O) groups is 2. The van der Waals surface area contributed by atoms with Gasteiger partial charge in [-0.15, -0.1) is 0 Å². The number of rotatable bonds is 5. The molecule has 0 aromatic heterocycles. The van der Waals surface area contributed by atoms with Gasteiger partial charge in [0.15, 0.2) is 6.61 Å². The summed E-state index contributed by atoms with van der Waals surface area (Å²) < 4.78 is 5.40. The van der Waals surface area contributed by atoms with Gasteiger partial charge in [0.2, 0.25) is 0 Å². The van der Waals surface area contributed by atoms with Crippen LogP contribution in [0, 0.1) is 6.92 Å². The molecule has 0 aliphatic rings. The third-order valence-electron chi connectivity index (χ3n) is 3.39. The Kier molecular flexibility index (Phi) is 5.74. The monoisotopic (exact) mass is 312 g/mol. The van der Waals surface area contributed by atoms with Crippen LogP contribution < -0.4 is 15.6 Å². The zero-order valence-corrected chi connectivity index (χ0v) is 13.3. The Morgan fingerprint density at radius 2 is 1.70 bits per heavy atom. The van der Waals surface area contributed by atoms with Crippen LogP contribution in [0.25, 0.3) is 0 Å². The molecule has 0 heterocycles. The average Bonchev–Trinajstić information content (AvgIpc) is 2.59. The minimum atomic E-state index is -0.424. The maximum Gasteiger partial charge on any atom is 0.276 e. The van der Waals surface area contributed by atoms with Crippen molar-refractivity contribution in [2.75, 3.05) is 6.61 Å². The van der Waals surface area contributed by atoms with Gasteiger partial charge in [-0.2, -0.15) is 0 Å². The summed E-state index contributed by atoms with van der Waals surface area (Å²) in [5, 5.41) is 0. The van der Waals surface area contributed by atoms with Crippen molar-refractivity contribution in [3.63, 3.8) is 0 Å². The van der Waals surface area contributed by atoms with Crippen molar-refractivity contribution in [2.24, 2.45) is 0 Å². The first-order valence-electron chi connectivity index (χ1n) is 7.46. The number of benzene rings is 2. The highest BCUT2D eigenvalue weighted by Gasteiger charge is 2.08. The Balaban J connectivity index is 1.79. The molecule has 0 saturated carbocycles. The van der Waals surface area contributed by atoms with Gasteiger partial charge in [0.1, 0.15) is 5.75 Å². The van der Waals surface area contributed by atoms with Gasteiger partial charge < -0.3 is 4.74 Å². The van der Waals surface area contributed by atoms with Crippen LogP contribution in [0.4, 0.5) is 0 Å². The Labute approximate surface area is 135 Å². The van der Waals surface area contributed by atoms with Crippen molar-refractivity contribution in [1.29, 1.82) is 0 Å². The summed E-state index contributed by atoms with van der Waals surface area (Å²) >= 11 is 0. The standard InChI is InChI=1S/C18H20N2O3/c1-3-14-8-10-15(11-9-14)18(22)20-19-17(21)12-23-16-7-5-4-6-13(16)2/h4-11H,3,12H2,1-2H3,(H,19,21)(H,20,22). The minimum absolute atomic E-state index is 0.167. The molecule has 0 aliphatic heterocycles. The smallest absolute Gasteiger partial charge is 0.276 e. The maximum absolute atomic E-state index is 11.9.